The zero-order valence-electron chi connectivity index (χ0n) is 8.25. The Balaban J connectivity index is 2.57. The Kier molecular flexibility index (Phi) is 3.01. The Morgan fingerprint density at radius 2 is 2.00 bits per heavy atom. The van der Waals surface area contributed by atoms with Crippen molar-refractivity contribution < 1.29 is 13.2 Å². The number of anilines is 1. The normalized spacial score (nSPS) is 11.8. The van der Waals surface area contributed by atoms with Gasteiger partial charge in [0, 0.05) is 0 Å². The summed E-state index contributed by atoms with van der Waals surface area (Å²) in [7, 11) is 0. The van der Waals surface area contributed by atoms with Crippen LogP contribution in [0.4, 0.5) is 19.0 Å². The van der Waals surface area contributed by atoms with Crippen molar-refractivity contribution in [3.05, 3.63) is 34.2 Å². The van der Waals surface area contributed by atoms with E-state index in [1.807, 2.05) is 0 Å². The molecule has 0 unspecified atom stereocenters. The zero-order chi connectivity index (χ0) is 12.6. The molecule has 2 N–H and O–H groups in total. The standard InChI is InChI=1S/C10H6ClF3N2S/c11-6-1-2-17-9(6)7-3-5(10(12,13)14)4-8(15)16-7/h1-4H,(H2,15,16). The number of thiophene rings is 1. The number of hydrogen-bond donors (Lipinski definition) is 1. The molecular formula is C10H6ClF3N2S. The smallest absolute Gasteiger partial charge is 0.384 e. The van der Waals surface area contributed by atoms with Gasteiger partial charge in [0.15, 0.2) is 0 Å². The molecule has 0 fully saturated rings. The van der Waals surface area contributed by atoms with Crippen LogP contribution in [0.1, 0.15) is 5.56 Å². The van der Waals surface area contributed by atoms with Crippen molar-refractivity contribution in [3.63, 3.8) is 0 Å². The quantitative estimate of drug-likeness (QED) is 0.854. The molecule has 0 aliphatic rings. The highest BCUT2D eigenvalue weighted by atomic mass is 35.5. The summed E-state index contributed by atoms with van der Waals surface area (Å²) in [5.74, 6) is -0.181. The minimum Gasteiger partial charge on any atom is -0.384 e. The average Bonchev–Trinajstić information content (AvgIpc) is 2.62. The molecule has 0 saturated carbocycles. The van der Waals surface area contributed by atoms with Gasteiger partial charge in [-0.15, -0.1) is 11.3 Å². The van der Waals surface area contributed by atoms with Crippen molar-refractivity contribution in [1.29, 1.82) is 0 Å². The maximum absolute atomic E-state index is 12.6. The van der Waals surface area contributed by atoms with Crippen molar-refractivity contribution in [3.8, 4) is 10.6 Å². The van der Waals surface area contributed by atoms with Gasteiger partial charge in [-0.3, -0.25) is 0 Å². The lowest BCUT2D eigenvalue weighted by atomic mass is 10.2. The molecule has 2 nitrogen and oxygen atoms in total. The molecule has 0 bridgehead atoms. The first-order valence-electron chi connectivity index (χ1n) is 4.46. The lowest BCUT2D eigenvalue weighted by Gasteiger charge is -2.09. The number of nitrogens with two attached hydrogens (primary N) is 1. The van der Waals surface area contributed by atoms with Crippen LogP contribution in [0.25, 0.3) is 10.6 Å². The van der Waals surface area contributed by atoms with Crippen molar-refractivity contribution in [1.82, 2.24) is 4.98 Å². The fourth-order valence-electron chi connectivity index (χ4n) is 1.31. The van der Waals surface area contributed by atoms with Gasteiger partial charge in [0.1, 0.15) is 5.82 Å². The van der Waals surface area contributed by atoms with Gasteiger partial charge < -0.3 is 5.73 Å². The Morgan fingerprint density at radius 3 is 2.53 bits per heavy atom. The maximum atomic E-state index is 12.6. The van der Waals surface area contributed by atoms with Gasteiger partial charge >= 0.3 is 6.18 Å². The number of aromatic nitrogens is 1. The van der Waals surface area contributed by atoms with Gasteiger partial charge in [0.2, 0.25) is 0 Å². The van der Waals surface area contributed by atoms with E-state index >= 15 is 0 Å². The average molecular weight is 279 g/mol. The molecule has 90 valence electrons. The van der Waals surface area contributed by atoms with Gasteiger partial charge in [-0.05, 0) is 23.6 Å². The van der Waals surface area contributed by atoms with E-state index in [0.29, 0.717) is 9.90 Å². The Bertz CT molecular complexity index is 551. The summed E-state index contributed by atoms with van der Waals surface area (Å²) in [4.78, 5) is 4.33. The van der Waals surface area contributed by atoms with Crippen molar-refractivity contribution in [2.45, 2.75) is 6.18 Å². The van der Waals surface area contributed by atoms with E-state index in [2.05, 4.69) is 4.98 Å². The van der Waals surface area contributed by atoms with Gasteiger partial charge in [-0.25, -0.2) is 4.98 Å². The van der Waals surface area contributed by atoms with Crippen molar-refractivity contribution in [2.24, 2.45) is 0 Å². The number of alkyl halides is 3. The minimum absolute atomic E-state index is 0.136. The first-order valence-corrected chi connectivity index (χ1v) is 5.72. The third kappa shape index (κ3) is 2.53. The topological polar surface area (TPSA) is 38.9 Å². The largest absolute Gasteiger partial charge is 0.416 e. The second-order valence-electron chi connectivity index (χ2n) is 3.26. The van der Waals surface area contributed by atoms with Gasteiger partial charge in [0.25, 0.3) is 0 Å². The lowest BCUT2D eigenvalue weighted by molar-refractivity contribution is -0.137. The third-order valence-electron chi connectivity index (χ3n) is 2.02. The molecule has 2 aromatic rings. The first kappa shape index (κ1) is 12.2. The Labute approximate surface area is 104 Å². The molecule has 7 heteroatoms. The van der Waals surface area contributed by atoms with Crippen LogP contribution < -0.4 is 5.73 Å². The Morgan fingerprint density at radius 1 is 1.29 bits per heavy atom. The third-order valence-corrected chi connectivity index (χ3v) is 3.39. The van der Waals surface area contributed by atoms with Crippen LogP contribution in [0, 0.1) is 0 Å². The van der Waals surface area contributed by atoms with Crippen LogP contribution in [0.3, 0.4) is 0 Å². The number of pyridine rings is 1. The van der Waals surface area contributed by atoms with Gasteiger partial charge in [-0.2, -0.15) is 13.2 Å². The summed E-state index contributed by atoms with van der Waals surface area (Å²) in [6.45, 7) is 0. The molecule has 17 heavy (non-hydrogen) atoms. The van der Waals surface area contributed by atoms with Crippen LogP contribution in [-0.4, -0.2) is 4.98 Å². The second kappa shape index (κ2) is 4.19. The Hall–Kier alpha value is -1.27. The monoisotopic (exact) mass is 278 g/mol. The summed E-state index contributed by atoms with van der Waals surface area (Å²) in [5.41, 5.74) is 4.67. The second-order valence-corrected chi connectivity index (χ2v) is 4.58. The molecular weight excluding hydrogens is 273 g/mol. The van der Waals surface area contributed by atoms with Crippen LogP contribution in [0.15, 0.2) is 23.6 Å². The summed E-state index contributed by atoms with van der Waals surface area (Å²) < 4.78 is 37.7. The van der Waals surface area contributed by atoms with Gasteiger partial charge in [0.05, 0.1) is 21.2 Å². The highest BCUT2D eigenvalue weighted by molar-refractivity contribution is 7.14. The van der Waals surface area contributed by atoms with Crippen LogP contribution in [-0.2, 0) is 6.18 Å². The van der Waals surface area contributed by atoms with E-state index in [1.54, 1.807) is 11.4 Å². The number of hydrogen-bond acceptors (Lipinski definition) is 3. The molecule has 0 aliphatic carbocycles. The SMILES string of the molecule is Nc1cc(C(F)(F)F)cc(-c2sccc2Cl)n1. The fraction of sp³-hybridized carbons (Fsp3) is 0.100. The number of rotatable bonds is 1. The maximum Gasteiger partial charge on any atom is 0.416 e. The molecule has 2 heterocycles. The molecule has 0 aliphatic heterocycles. The van der Waals surface area contributed by atoms with Crippen LogP contribution in [0.2, 0.25) is 5.02 Å². The first-order chi connectivity index (χ1) is 7.88. The molecule has 0 amide bonds. The predicted molar refractivity (Wildman–Crippen MR) is 62.0 cm³/mol. The number of nitrogens with zero attached hydrogens (tertiary/aromatic N) is 1. The highest BCUT2D eigenvalue weighted by Crippen LogP contribution is 2.36. The molecule has 0 radical (unpaired) electrons. The number of nitrogen functional groups attached to an aromatic ring is 1. The zero-order valence-corrected chi connectivity index (χ0v) is 9.83. The minimum atomic E-state index is -4.45. The molecule has 0 aromatic carbocycles. The summed E-state index contributed by atoms with van der Waals surface area (Å²) in [6, 6.07) is 3.33. The van der Waals surface area contributed by atoms with E-state index in [1.165, 1.54) is 11.3 Å². The van der Waals surface area contributed by atoms with E-state index in [0.717, 1.165) is 12.1 Å². The van der Waals surface area contributed by atoms with Crippen molar-refractivity contribution in [2.75, 3.05) is 5.73 Å². The summed E-state index contributed by atoms with van der Waals surface area (Å²) >= 11 is 7.05. The van der Waals surface area contributed by atoms with E-state index < -0.39 is 11.7 Å². The highest BCUT2D eigenvalue weighted by Gasteiger charge is 2.31. The van der Waals surface area contributed by atoms with E-state index in [4.69, 9.17) is 17.3 Å². The number of halogens is 4. The molecule has 2 aromatic heterocycles. The predicted octanol–water partition coefficient (Wildman–Crippen LogP) is 4.06. The fourth-order valence-corrected chi connectivity index (χ4v) is 2.42. The molecule has 0 atom stereocenters. The molecule has 0 saturated heterocycles. The van der Waals surface area contributed by atoms with Crippen LogP contribution >= 0.6 is 22.9 Å². The van der Waals surface area contributed by atoms with E-state index in [9.17, 15) is 13.2 Å². The molecule has 2 rings (SSSR count). The van der Waals surface area contributed by atoms with E-state index in [-0.39, 0.29) is 11.5 Å². The summed E-state index contributed by atoms with van der Waals surface area (Å²) in [5, 5.41) is 2.04. The van der Waals surface area contributed by atoms with Gasteiger partial charge in [-0.1, -0.05) is 11.6 Å². The molecule has 0 spiro atoms. The van der Waals surface area contributed by atoms with Crippen molar-refractivity contribution >= 4 is 28.8 Å². The van der Waals surface area contributed by atoms with Crippen LogP contribution in [0.5, 0.6) is 0 Å². The summed E-state index contributed by atoms with van der Waals surface area (Å²) in [6.07, 6.45) is -4.45. The lowest BCUT2D eigenvalue weighted by Crippen LogP contribution is -2.07.